The van der Waals surface area contributed by atoms with Gasteiger partial charge >= 0.3 is 0 Å². The van der Waals surface area contributed by atoms with Gasteiger partial charge in [0.2, 0.25) is 0 Å². The van der Waals surface area contributed by atoms with E-state index in [0.717, 1.165) is 11.1 Å². The second kappa shape index (κ2) is 6.73. The van der Waals surface area contributed by atoms with Gasteiger partial charge in [0.1, 0.15) is 5.75 Å². The number of benzene rings is 4. The largest absolute Gasteiger partial charge is 0.507 e. The summed E-state index contributed by atoms with van der Waals surface area (Å²) >= 11 is 0. The maximum atomic E-state index is 13.2. The molecule has 6 heteroatoms. The lowest BCUT2D eigenvalue weighted by atomic mass is 10.1. The quantitative estimate of drug-likeness (QED) is 0.534. The first-order valence-electron chi connectivity index (χ1n) is 8.81. The molecule has 0 bridgehead atoms. The molecule has 0 unspecified atom stereocenters. The molecule has 28 heavy (non-hydrogen) atoms. The fourth-order valence-corrected chi connectivity index (χ4v) is 4.77. The van der Waals surface area contributed by atoms with Crippen LogP contribution in [-0.2, 0) is 10.0 Å². The SMILES string of the molecule is CN(C)c1cccc2c(S(=O)(=O)Nc3cccc4c(O)cccc34)cccc12. The van der Waals surface area contributed by atoms with Crippen LogP contribution >= 0.6 is 0 Å². The van der Waals surface area contributed by atoms with Crippen LogP contribution in [0.3, 0.4) is 0 Å². The van der Waals surface area contributed by atoms with Gasteiger partial charge in [-0.05, 0) is 24.3 Å². The van der Waals surface area contributed by atoms with Crippen molar-refractivity contribution in [3.05, 3.63) is 72.8 Å². The highest BCUT2D eigenvalue weighted by atomic mass is 32.2. The van der Waals surface area contributed by atoms with Gasteiger partial charge in [0.05, 0.1) is 10.6 Å². The summed E-state index contributed by atoms with van der Waals surface area (Å²) < 4.78 is 29.2. The van der Waals surface area contributed by atoms with Crippen molar-refractivity contribution in [1.29, 1.82) is 0 Å². The molecule has 0 saturated carbocycles. The van der Waals surface area contributed by atoms with Crippen molar-refractivity contribution in [1.82, 2.24) is 0 Å². The normalized spacial score (nSPS) is 11.6. The van der Waals surface area contributed by atoms with E-state index in [-0.39, 0.29) is 10.6 Å². The monoisotopic (exact) mass is 392 g/mol. The molecule has 0 spiro atoms. The summed E-state index contributed by atoms with van der Waals surface area (Å²) in [6.45, 7) is 0. The number of nitrogens with one attached hydrogen (secondary N) is 1. The Morgan fingerprint density at radius 1 is 0.750 bits per heavy atom. The van der Waals surface area contributed by atoms with Crippen molar-refractivity contribution in [2.45, 2.75) is 4.90 Å². The van der Waals surface area contributed by atoms with E-state index in [1.54, 1.807) is 48.5 Å². The lowest BCUT2D eigenvalue weighted by Gasteiger charge is -2.17. The van der Waals surface area contributed by atoms with Crippen LogP contribution < -0.4 is 9.62 Å². The van der Waals surface area contributed by atoms with E-state index >= 15 is 0 Å². The van der Waals surface area contributed by atoms with Crippen molar-refractivity contribution in [3.63, 3.8) is 0 Å². The van der Waals surface area contributed by atoms with Gasteiger partial charge in [0.25, 0.3) is 10.0 Å². The second-order valence-electron chi connectivity index (χ2n) is 6.81. The van der Waals surface area contributed by atoms with Crippen LogP contribution in [0.1, 0.15) is 0 Å². The summed E-state index contributed by atoms with van der Waals surface area (Å²) in [6, 6.07) is 21.1. The van der Waals surface area contributed by atoms with Crippen molar-refractivity contribution in [3.8, 4) is 5.75 Å². The molecule has 0 aliphatic rings. The van der Waals surface area contributed by atoms with Gasteiger partial charge in [0.15, 0.2) is 0 Å². The predicted molar refractivity (Wildman–Crippen MR) is 115 cm³/mol. The third-order valence-corrected chi connectivity index (χ3v) is 6.20. The Morgan fingerprint density at radius 2 is 1.36 bits per heavy atom. The maximum Gasteiger partial charge on any atom is 0.262 e. The minimum Gasteiger partial charge on any atom is -0.507 e. The van der Waals surface area contributed by atoms with Crippen molar-refractivity contribution in [2.75, 3.05) is 23.7 Å². The third-order valence-electron chi connectivity index (χ3n) is 4.77. The van der Waals surface area contributed by atoms with Crippen molar-refractivity contribution >= 4 is 42.9 Å². The maximum absolute atomic E-state index is 13.2. The van der Waals surface area contributed by atoms with Gasteiger partial charge in [-0.2, -0.15) is 0 Å². The Bertz CT molecular complexity index is 1300. The number of hydrogen-bond acceptors (Lipinski definition) is 4. The summed E-state index contributed by atoms with van der Waals surface area (Å²) in [5, 5.41) is 12.8. The molecular weight excluding hydrogens is 372 g/mol. The van der Waals surface area contributed by atoms with E-state index in [0.29, 0.717) is 21.8 Å². The molecular formula is C22H20N2O3S. The van der Waals surface area contributed by atoms with Crippen LogP contribution in [0.4, 0.5) is 11.4 Å². The Balaban J connectivity index is 1.87. The molecule has 0 aliphatic carbocycles. The zero-order chi connectivity index (χ0) is 19.9. The first-order chi connectivity index (χ1) is 13.4. The zero-order valence-electron chi connectivity index (χ0n) is 15.5. The minimum atomic E-state index is -3.84. The highest BCUT2D eigenvalue weighted by molar-refractivity contribution is 7.93. The van der Waals surface area contributed by atoms with Crippen LogP contribution in [0, 0.1) is 0 Å². The molecule has 0 amide bonds. The van der Waals surface area contributed by atoms with E-state index in [9.17, 15) is 13.5 Å². The molecule has 2 N–H and O–H groups in total. The van der Waals surface area contributed by atoms with Gasteiger partial charge in [0, 0.05) is 41.3 Å². The van der Waals surface area contributed by atoms with E-state index in [4.69, 9.17) is 0 Å². The molecule has 0 aromatic heterocycles. The summed E-state index contributed by atoms with van der Waals surface area (Å²) in [7, 11) is 0.0179. The van der Waals surface area contributed by atoms with Crippen LogP contribution in [-0.4, -0.2) is 27.6 Å². The van der Waals surface area contributed by atoms with Crippen molar-refractivity contribution < 1.29 is 13.5 Å². The molecule has 0 aliphatic heterocycles. The summed E-state index contributed by atoms with van der Waals surface area (Å²) in [5.41, 5.74) is 1.37. The van der Waals surface area contributed by atoms with Gasteiger partial charge < -0.3 is 10.0 Å². The molecule has 0 heterocycles. The highest BCUT2D eigenvalue weighted by Crippen LogP contribution is 2.34. The number of rotatable bonds is 4. The average molecular weight is 392 g/mol. The minimum absolute atomic E-state index is 0.110. The smallest absolute Gasteiger partial charge is 0.262 e. The number of sulfonamides is 1. The van der Waals surface area contributed by atoms with Gasteiger partial charge in [-0.3, -0.25) is 4.72 Å². The Morgan fingerprint density at radius 3 is 2.14 bits per heavy atom. The fourth-order valence-electron chi connectivity index (χ4n) is 3.47. The van der Waals surface area contributed by atoms with E-state index < -0.39 is 10.0 Å². The molecule has 0 radical (unpaired) electrons. The molecule has 4 aromatic rings. The van der Waals surface area contributed by atoms with Gasteiger partial charge in [-0.1, -0.05) is 48.5 Å². The highest BCUT2D eigenvalue weighted by Gasteiger charge is 2.20. The standard InChI is InChI=1S/C22H20N2O3S/c1-24(2)20-12-4-10-18-16(20)8-6-14-22(18)28(26,27)23-19-11-3-9-17-15(19)7-5-13-21(17)25/h3-14,23,25H,1-2H3. The average Bonchev–Trinajstić information content (AvgIpc) is 2.67. The number of phenols is 1. The van der Waals surface area contributed by atoms with E-state index in [2.05, 4.69) is 4.72 Å². The topological polar surface area (TPSA) is 69.6 Å². The number of fused-ring (bicyclic) bond motifs is 2. The lowest BCUT2D eigenvalue weighted by molar-refractivity contribution is 0.481. The first-order valence-corrected chi connectivity index (χ1v) is 10.3. The number of nitrogens with zero attached hydrogens (tertiary/aromatic N) is 1. The second-order valence-corrected chi connectivity index (χ2v) is 8.46. The number of aromatic hydroxyl groups is 1. The molecule has 0 atom stereocenters. The van der Waals surface area contributed by atoms with Crippen LogP contribution in [0.5, 0.6) is 5.75 Å². The van der Waals surface area contributed by atoms with E-state index in [1.165, 1.54) is 0 Å². The molecule has 0 fully saturated rings. The fraction of sp³-hybridized carbons (Fsp3) is 0.0909. The van der Waals surface area contributed by atoms with Gasteiger partial charge in [-0.15, -0.1) is 0 Å². The van der Waals surface area contributed by atoms with Crippen LogP contribution in [0.25, 0.3) is 21.5 Å². The number of hydrogen-bond donors (Lipinski definition) is 2. The first kappa shape index (κ1) is 18.1. The lowest BCUT2D eigenvalue weighted by Crippen LogP contribution is -2.14. The molecule has 0 saturated heterocycles. The predicted octanol–water partition coefficient (Wildman–Crippen LogP) is 4.57. The third kappa shape index (κ3) is 3.01. The van der Waals surface area contributed by atoms with E-state index in [1.807, 2.05) is 43.3 Å². The summed E-state index contributed by atoms with van der Waals surface area (Å²) in [5.74, 6) is 0.110. The van der Waals surface area contributed by atoms with Crippen LogP contribution in [0.15, 0.2) is 77.7 Å². The van der Waals surface area contributed by atoms with Gasteiger partial charge in [-0.25, -0.2) is 8.42 Å². The molecule has 4 aromatic carbocycles. The molecule has 4 rings (SSSR count). The summed E-state index contributed by atoms with van der Waals surface area (Å²) in [6.07, 6.45) is 0. The molecule has 5 nitrogen and oxygen atoms in total. The molecule has 142 valence electrons. The number of anilines is 2. The Hall–Kier alpha value is -3.25. The summed E-state index contributed by atoms with van der Waals surface area (Å²) in [4.78, 5) is 2.17. The number of phenolic OH excluding ortho intramolecular Hbond substituents is 1. The Labute approximate surface area is 163 Å². The zero-order valence-corrected chi connectivity index (χ0v) is 16.4. The Kier molecular flexibility index (Phi) is 4.35. The van der Waals surface area contributed by atoms with Crippen LogP contribution in [0.2, 0.25) is 0 Å². The van der Waals surface area contributed by atoms with Crippen molar-refractivity contribution in [2.24, 2.45) is 0 Å².